The minimum Gasteiger partial charge on any atom is -0.387 e. The maximum atomic E-state index is 13.7. The summed E-state index contributed by atoms with van der Waals surface area (Å²) >= 11 is 0. The molecule has 1 N–H and O–H groups in total. The van der Waals surface area contributed by atoms with Crippen molar-refractivity contribution in [3.05, 3.63) is 53.6 Å². The second-order valence-electron chi connectivity index (χ2n) is 5.64. The Kier molecular flexibility index (Phi) is 4.03. The van der Waals surface area contributed by atoms with Crippen LogP contribution in [0.5, 0.6) is 0 Å². The third-order valence-electron chi connectivity index (χ3n) is 4.14. The van der Waals surface area contributed by atoms with Crippen molar-refractivity contribution in [1.82, 2.24) is 14.7 Å². The highest BCUT2D eigenvalue weighted by molar-refractivity contribution is 5.20. The zero-order chi connectivity index (χ0) is 14.8. The van der Waals surface area contributed by atoms with Crippen LogP contribution < -0.4 is 0 Å². The summed E-state index contributed by atoms with van der Waals surface area (Å²) < 4.78 is 15.5. The Hall–Kier alpha value is -1.72. The molecule has 2 unspecified atom stereocenters. The number of aromatic nitrogens is 2. The van der Waals surface area contributed by atoms with Gasteiger partial charge in [-0.3, -0.25) is 9.58 Å². The first-order chi connectivity index (χ1) is 10.1. The van der Waals surface area contributed by atoms with Crippen molar-refractivity contribution in [2.24, 2.45) is 7.05 Å². The molecule has 3 rings (SSSR count). The first-order valence-electron chi connectivity index (χ1n) is 7.30. The van der Waals surface area contributed by atoms with E-state index in [9.17, 15) is 9.50 Å². The summed E-state index contributed by atoms with van der Waals surface area (Å²) in [4.78, 5) is 2.22. The summed E-state index contributed by atoms with van der Waals surface area (Å²) in [5.74, 6) is -0.345. The van der Waals surface area contributed by atoms with E-state index in [0.29, 0.717) is 12.1 Å². The van der Waals surface area contributed by atoms with Crippen molar-refractivity contribution in [2.75, 3.05) is 13.1 Å². The van der Waals surface area contributed by atoms with Crippen molar-refractivity contribution in [2.45, 2.75) is 25.0 Å². The number of nitrogens with zero attached hydrogens (tertiary/aromatic N) is 3. The summed E-state index contributed by atoms with van der Waals surface area (Å²) in [6, 6.07) is 6.69. The van der Waals surface area contributed by atoms with Gasteiger partial charge >= 0.3 is 0 Å². The average Bonchev–Trinajstić information content (AvgIpc) is 3.08. The molecule has 1 fully saturated rings. The fourth-order valence-corrected chi connectivity index (χ4v) is 3.10. The lowest BCUT2D eigenvalue weighted by molar-refractivity contribution is 0.103. The van der Waals surface area contributed by atoms with Crippen LogP contribution in [0.15, 0.2) is 36.7 Å². The van der Waals surface area contributed by atoms with Crippen molar-refractivity contribution in [1.29, 1.82) is 0 Å². The summed E-state index contributed by atoms with van der Waals surface area (Å²) in [5.41, 5.74) is 1.53. The molecule has 1 aromatic heterocycles. The Bertz CT molecular complexity index is 613. The lowest BCUT2D eigenvalue weighted by atomic mass is 10.1. The maximum Gasteiger partial charge on any atom is 0.129 e. The van der Waals surface area contributed by atoms with Crippen LogP contribution in [0, 0.1) is 5.82 Å². The number of hydrogen-bond donors (Lipinski definition) is 1. The van der Waals surface area contributed by atoms with Gasteiger partial charge in [-0.25, -0.2) is 4.39 Å². The van der Waals surface area contributed by atoms with Crippen molar-refractivity contribution in [3.8, 4) is 0 Å². The van der Waals surface area contributed by atoms with Crippen LogP contribution >= 0.6 is 0 Å². The van der Waals surface area contributed by atoms with Gasteiger partial charge in [0.05, 0.1) is 12.3 Å². The number of rotatable bonds is 4. The minimum absolute atomic E-state index is 0.264. The number of likely N-dealkylation sites (tertiary alicyclic amines) is 1. The van der Waals surface area contributed by atoms with E-state index in [1.807, 2.05) is 19.4 Å². The van der Waals surface area contributed by atoms with Gasteiger partial charge in [0.2, 0.25) is 0 Å². The molecule has 1 aromatic carbocycles. The van der Waals surface area contributed by atoms with Gasteiger partial charge in [0, 0.05) is 37.0 Å². The predicted molar refractivity (Wildman–Crippen MR) is 78.1 cm³/mol. The van der Waals surface area contributed by atoms with Crippen molar-refractivity contribution < 1.29 is 9.50 Å². The largest absolute Gasteiger partial charge is 0.387 e. The van der Waals surface area contributed by atoms with Crippen molar-refractivity contribution >= 4 is 0 Å². The van der Waals surface area contributed by atoms with Crippen LogP contribution in [0.3, 0.4) is 0 Å². The molecule has 1 aliphatic heterocycles. The van der Waals surface area contributed by atoms with E-state index in [4.69, 9.17) is 0 Å². The van der Waals surface area contributed by atoms with E-state index in [-0.39, 0.29) is 11.9 Å². The smallest absolute Gasteiger partial charge is 0.129 e. The standard InChI is InChI=1S/C16H20FN3O/c1-19-10-12(9-18-19)15-7-4-8-20(15)11-16(21)13-5-2-3-6-14(13)17/h2-3,5-6,9-10,15-16,21H,4,7-8,11H2,1H3. The Labute approximate surface area is 123 Å². The van der Waals surface area contributed by atoms with Gasteiger partial charge in [-0.15, -0.1) is 0 Å². The summed E-state index contributed by atoms with van der Waals surface area (Å²) in [5, 5.41) is 14.5. The normalized spacial score (nSPS) is 20.8. The summed E-state index contributed by atoms with van der Waals surface area (Å²) in [6.45, 7) is 1.37. The van der Waals surface area contributed by atoms with Crippen LogP contribution in [-0.2, 0) is 7.05 Å². The monoisotopic (exact) mass is 289 g/mol. The molecule has 2 atom stereocenters. The van der Waals surface area contributed by atoms with Gasteiger partial charge < -0.3 is 5.11 Å². The highest BCUT2D eigenvalue weighted by Gasteiger charge is 2.29. The Balaban J connectivity index is 1.73. The van der Waals surface area contributed by atoms with Crippen LogP contribution in [-0.4, -0.2) is 32.9 Å². The van der Waals surface area contributed by atoms with Crippen LogP contribution in [0.1, 0.15) is 36.1 Å². The highest BCUT2D eigenvalue weighted by Crippen LogP contribution is 2.33. The molecule has 0 spiro atoms. The number of hydrogen-bond acceptors (Lipinski definition) is 3. The van der Waals surface area contributed by atoms with E-state index in [2.05, 4.69) is 10.00 Å². The molecule has 0 saturated carbocycles. The number of benzene rings is 1. The van der Waals surface area contributed by atoms with Gasteiger partial charge in [0.25, 0.3) is 0 Å². The molecule has 0 bridgehead atoms. The summed E-state index contributed by atoms with van der Waals surface area (Å²) in [6.07, 6.45) is 5.22. The first kappa shape index (κ1) is 14.2. The van der Waals surface area contributed by atoms with E-state index < -0.39 is 6.10 Å². The number of halogens is 1. The average molecular weight is 289 g/mol. The molecular formula is C16H20FN3O. The molecule has 0 aliphatic carbocycles. The minimum atomic E-state index is -0.802. The number of aliphatic hydroxyl groups is 1. The Morgan fingerprint density at radius 2 is 2.24 bits per heavy atom. The quantitative estimate of drug-likeness (QED) is 0.940. The second kappa shape index (κ2) is 5.95. The van der Waals surface area contributed by atoms with Crippen LogP contribution in [0.4, 0.5) is 4.39 Å². The molecule has 2 heterocycles. The Morgan fingerprint density at radius 3 is 2.95 bits per heavy atom. The third kappa shape index (κ3) is 2.99. The van der Waals surface area contributed by atoms with Gasteiger partial charge in [0.1, 0.15) is 5.82 Å². The zero-order valence-electron chi connectivity index (χ0n) is 12.1. The molecular weight excluding hydrogens is 269 g/mol. The molecule has 1 saturated heterocycles. The molecule has 5 heteroatoms. The fourth-order valence-electron chi connectivity index (χ4n) is 3.10. The van der Waals surface area contributed by atoms with Crippen LogP contribution in [0.25, 0.3) is 0 Å². The SMILES string of the molecule is Cn1cc(C2CCCN2CC(O)c2ccccc2F)cn1. The van der Waals surface area contributed by atoms with E-state index in [1.165, 1.54) is 6.07 Å². The molecule has 21 heavy (non-hydrogen) atoms. The van der Waals surface area contributed by atoms with Crippen molar-refractivity contribution in [3.63, 3.8) is 0 Å². The molecule has 2 aromatic rings. The number of aryl methyl sites for hydroxylation is 1. The molecule has 4 nitrogen and oxygen atoms in total. The maximum absolute atomic E-state index is 13.7. The van der Waals surface area contributed by atoms with E-state index in [1.54, 1.807) is 22.9 Å². The number of aliphatic hydroxyl groups excluding tert-OH is 1. The van der Waals surface area contributed by atoms with Gasteiger partial charge in [-0.2, -0.15) is 5.10 Å². The lowest BCUT2D eigenvalue weighted by Crippen LogP contribution is -2.28. The summed E-state index contributed by atoms with van der Waals surface area (Å²) in [7, 11) is 1.90. The zero-order valence-corrected chi connectivity index (χ0v) is 12.1. The number of β-amino-alcohol motifs (C(OH)–C–C–N with tert-alkyl or cyclic N) is 1. The van der Waals surface area contributed by atoms with Crippen LogP contribution in [0.2, 0.25) is 0 Å². The molecule has 112 valence electrons. The molecule has 1 aliphatic rings. The Morgan fingerprint density at radius 1 is 1.43 bits per heavy atom. The highest BCUT2D eigenvalue weighted by atomic mass is 19.1. The van der Waals surface area contributed by atoms with Gasteiger partial charge in [-0.1, -0.05) is 18.2 Å². The first-order valence-corrected chi connectivity index (χ1v) is 7.30. The molecule has 0 amide bonds. The van der Waals surface area contributed by atoms with E-state index >= 15 is 0 Å². The molecule has 0 radical (unpaired) electrons. The fraction of sp³-hybridized carbons (Fsp3) is 0.438. The second-order valence-corrected chi connectivity index (χ2v) is 5.64. The lowest BCUT2D eigenvalue weighted by Gasteiger charge is -2.26. The van der Waals surface area contributed by atoms with Gasteiger partial charge in [-0.05, 0) is 25.5 Å². The van der Waals surface area contributed by atoms with E-state index in [0.717, 1.165) is 24.9 Å². The topological polar surface area (TPSA) is 41.3 Å². The predicted octanol–water partition coefficient (Wildman–Crippen LogP) is 2.43. The van der Waals surface area contributed by atoms with Gasteiger partial charge in [0.15, 0.2) is 0 Å². The third-order valence-corrected chi connectivity index (χ3v) is 4.14.